The SMILES string of the molecule is Cc1nn(-c2ccccc2)c(N2CCC(C)(C)C2)c1C=O. The molecule has 1 aliphatic heterocycles. The molecular weight excluding hydrogens is 262 g/mol. The van der Waals surface area contributed by atoms with Crippen LogP contribution in [0.4, 0.5) is 5.82 Å². The van der Waals surface area contributed by atoms with E-state index in [1.807, 2.05) is 41.9 Å². The lowest BCUT2D eigenvalue weighted by atomic mass is 9.93. The first kappa shape index (κ1) is 13.9. The Kier molecular flexibility index (Phi) is 3.32. The first-order valence-corrected chi connectivity index (χ1v) is 7.37. The summed E-state index contributed by atoms with van der Waals surface area (Å²) in [6, 6.07) is 10.0. The minimum atomic E-state index is 0.278. The summed E-state index contributed by atoms with van der Waals surface area (Å²) in [4.78, 5) is 13.8. The number of aromatic nitrogens is 2. The van der Waals surface area contributed by atoms with E-state index in [1.54, 1.807) is 0 Å². The average molecular weight is 283 g/mol. The Balaban J connectivity index is 2.12. The summed E-state index contributed by atoms with van der Waals surface area (Å²) in [5, 5.41) is 4.59. The van der Waals surface area contributed by atoms with Gasteiger partial charge in [0, 0.05) is 13.1 Å². The number of aryl methyl sites for hydroxylation is 1. The Morgan fingerprint density at radius 2 is 1.95 bits per heavy atom. The summed E-state index contributed by atoms with van der Waals surface area (Å²) >= 11 is 0. The van der Waals surface area contributed by atoms with E-state index in [1.165, 1.54) is 0 Å². The van der Waals surface area contributed by atoms with Crippen LogP contribution >= 0.6 is 0 Å². The molecule has 3 rings (SSSR count). The number of hydrogen-bond acceptors (Lipinski definition) is 3. The number of carbonyl (C=O) groups excluding carboxylic acids is 1. The highest BCUT2D eigenvalue weighted by Crippen LogP contribution is 2.35. The standard InChI is InChI=1S/C17H21N3O/c1-13-15(11-21)16(19-10-9-17(2,3)12-19)20(18-13)14-7-5-4-6-8-14/h4-8,11H,9-10,12H2,1-3H3. The van der Waals surface area contributed by atoms with Gasteiger partial charge in [-0.2, -0.15) is 5.10 Å². The van der Waals surface area contributed by atoms with Gasteiger partial charge in [-0.05, 0) is 30.9 Å². The van der Waals surface area contributed by atoms with E-state index >= 15 is 0 Å². The third kappa shape index (κ3) is 2.46. The molecule has 1 aliphatic rings. The quantitative estimate of drug-likeness (QED) is 0.812. The van der Waals surface area contributed by atoms with Crippen LogP contribution in [0.5, 0.6) is 0 Å². The third-order valence-electron chi connectivity index (χ3n) is 4.18. The number of para-hydroxylation sites is 1. The van der Waals surface area contributed by atoms with Gasteiger partial charge in [-0.3, -0.25) is 4.79 Å². The lowest BCUT2D eigenvalue weighted by molar-refractivity contribution is 0.112. The van der Waals surface area contributed by atoms with Crippen molar-refractivity contribution in [2.45, 2.75) is 27.2 Å². The topological polar surface area (TPSA) is 38.1 Å². The minimum absolute atomic E-state index is 0.278. The van der Waals surface area contributed by atoms with Gasteiger partial charge in [-0.25, -0.2) is 4.68 Å². The van der Waals surface area contributed by atoms with Gasteiger partial charge in [0.05, 0.1) is 16.9 Å². The predicted molar refractivity (Wildman–Crippen MR) is 84.3 cm³/mol. The van der Waals surface area contributed by atoms with Crippen LogP contribution in [0.25, 0.3) is 5.69 Å². The zero-order valence-corrected chi connectivity index (χ0v) is 12.8. The van der Waals surface area contributed by atoms with Gasteiger partial charge in [0.25, 0.3) is 0 Å². The monoisotopic (exact) mass is 283 g/mol. The highest BCUT2D eigenvalue weighted by Gasteiger charge is 2.33. The molecule has 0 bridgehead atoms. The zero-order valence-electron chi connectivity index (χ0n) is 12.8. The molecule has 0 unspecified atom stereocenters. The molecule has 1 aromatic heterocycles. The zero-order chi connectivity index (χ0) is 15.0. The number of benzene rings is 1. The van der Waals surface area contributed by atoms with Crippen molar-refractivity contribution in [3.8, 4) is 5.69 Å². The van der Waals surface area contributed by atoms with Crippen LogP contribution in [-0.2, 0) is 0 Å². The van der Waals surface area contributed by atoms with Gasteiger partial charge in [-0.1, -0.05) is 32.0 Å². The Hall–Kier alpha value is -2.10. The minimum Gasteiger partial charge on any atom is -0.355 e. The molecule has 0 saturated carbocycles. The highest BCUT2D eigenvalue weighted by atomic mass is 16.1. The van der Waals surface area contributed by atoms with Crippen molar-refractivity contribution in [2.75, 3.05) is 18.0 Å². The molecule has 2 aromatic rings. The summed E-state index contributed by atoms with van der Waals surface area (Å²) < 4.78 is 1.90. The summed E-state index contributed by atoms with van der Waals surface area (Å²) in [5.74, 6) is 0.930. The molecule has 110 valence electrons. The Morgan fingerprint density at radius 3 is 2.52 bits per heavy atom. The van der Waals surface area contributed by atoms with Crippen LogP contribution in [0.2, 0.25) is 0 Å². The van der Waals surface area contributed by atoms with E-state index < -0.39 is 0 Å². The highest BCUT2D eigenvalue weighted by molar-refractivity contribution is 5.85. The second-order valence-electron chi connectivity index (χ2n) is 6.52. The number of anilines is 1. The second-order valence-corrected chi connectivity index (χ2v) is 6.52. The van der Waals surface area contributed by atoms with Crippen molar-refractivity contribution >= 4 is 12.1 Å². The van der Waals surface area contributed by atoms with Gasteiger partial charge in [0.1, 0.15) is 5.82 Å². The average Bonchev–Trinajstić information content (AvgIpc) is 2.99. The number of aldehydes is 1. The van der Waals surface area contributed by atoms with E-state index in [4.69, 9.17) is 0 Å². The summed E-state index contributed by atoms with van der Waals surface area (Å²) in [5.41, 5.74) is 2.76. The van der Waals surface area contributed by atoms with Gasteiger partial charge in [0.15, 0.2) is 6.29 Å². The van der Waals surface area contributed by atoms with Crippen molar-refractivity contribution in [1.82, 2.24) is 9.78 Å². The molecule has 0 atom stereocenters. The molecule has 1 saturated heterocycles. The Bertz CT molecular complexity index is 658. The molecule has 21 heavy (non-hydrogen) atoms. The molecule has 0 spiro atoms. The molecule has 2 heterocycles. The molecular formula is C17H21N3O. The fourth-order valence-corrected chi connectivity index (χ4v) is 3.01. The Morgan fingerprint density at radius 1 is 1.24 bits per heavy atom. The van der Waals surface area contributed by atoms with Gasteiger partial charge in [-0.15, -0.1) is 0 Å². The van der Waals surface area contributed by atoms with Crippen molar-refractivity contribution in [3.05, 3.63) is 41.6 Å². The lowest BCUT2D eigenvalue weighted by Crippen LogP contribution is -2.26. The molecule has 0 amide bonds. The van der Waals surface area contributed by atoms with Crippen LogP contribution in [0.3, 0.4) is 0 Å². The third-order valence-corrected chi connectivity index (χ3v) is 4.18. The summed E-state index contributed by atoms with van der Waals surface area (Å²) in [6.07, 6.45) is 2.06. The van der Waals surface area contributed by atoms with Crippen molar-refractivity contribution in [1.29, 1.82) is 0 Å². The molecule has 0 N–H and O–H groups in total. The fraction of sp³-hybridized carbons (Fsp3) is 0.412. The molecule has 0 aliphatic carbocycles. The molecule has 4 nitrogen and oxygen atoms in total. The number of carbonyl (C=O) groups is 1. The van der Waals surface area contributed by atoms with Crippen LogP contribution in [0.15, 0.2) is 30.3 Å². The van der Waals surface area contributed by atoms with Crippen LogP contribution in [0, 0.1) is 12.3 Å². The van der Waals surface area contributed by atoms with E-state index in [-0.39, 0.29) is 5.41 Å². The second kappa shape index (κ2) is 5.02. The van der Waals surface area contributed by atoms with E-state index in [9.17, 15) is 4.79 Å². The maximum Gasteiger partial charge on any atom is 0.155 e. The molecule has 0 radical (unpaired) electrons. The van der Waals surface area contributed by atoms with Gasteiger partial charge >= 0.3 is 0 Å². The number of rotatable bonds is 3. The van der Waals surface area contributed by atoms with Crippen LogP contribution in [0.1, 0.15) is 36.3 Å². The van der Waals surface area contributed by atoms with E-state index in [0.717, 1.165) is 43.0 Å². The predicted octanol–water partition coefficient (Wildman–Crippen LogP) is 3.23. The van der Waals surface area contributed by atoms with Gasteiger partial charge < -0.3 is 4.90 Å². The summed E-state index contributed by atoms with van der Waals surface area (Å²) in [7, 11) is 0. The summed E-state index contributed by atoms with van der Waals surface area (Å²) in [6.45, 7) is 8.35. The molecule has 4 heteroatoms. The lowest BCUT2D eigenvalue weighted by Gasteiger charge is -2.23. The normalized spacial score (nSPS) is 17.2. The number of hydrogen-bond donors (Lipinski definition) is 0. The molecule has 1 fully saturated rings. The smallest absolute Gasteiger partial charge is 0.155 e. The Labute approximate surface area is 125 Å². The van der Waals surface area contributed by atoms with Gasteiger partial charge in [0.2, 0.25) is 0 Å². The van der Waals surface area contributed by atoms with Crippen LogP contribution in [-0.4, -0.2) is 29.2 Å². The van der Waals surface area contributed by atoms with Crippen LogP contribution < -0.4 is 4.90 Å². The number of nitrogens with zero attached hydrogens (tertiary/aromatic N) is 3. The van der Waals surface area contributed by atoms with Crippen molar-refractivity contribution in [2.24, 2.45) is 5.41 Å². The van der Waals surface area contributed by atoms with E-state index in [2.05, 4.69) is 23.8 Å². The maximum atomic E-state index is 11.5. The first-order chi connectivity index (χ1) is 10.0. The van der Waals surface area contributed by atoms with Crippen molar-refractivity contribution in [3.63, 3.8) is 0 Å². The fourth-order valence-electron chi connectivity index (χ4n) is 3.01. The first-order valence-electron chi connectivity index (χ1n) is 7.37. The maximum absolute atomic E-state index is 11.5. The largest absolute Gasteiger partial charge is 0.355 e. The molecule has 1 aromatic carbocycles. The van der Waals surface area contributed by atoms with Crippen molar-refractivity contribution < 1.29 is 4.79 Å². The van der Waals surface area contributed by atoms with E-state index in [0.29, 0.717) is 5.56 Å².